The fraction of sp³-hybridized carbons (Fsp3) is 0.667. The molecule has 1 aliphatic heterocycles. The highest BCUT2D eigenvalue weighted by Crippen LogP contribution is 2.16. The molecular weight excluding hydrogens is 260 g/mol. The molecule has 3 heteroatoms. The first kappa shape index (κ1) is 16.5. The van der Waals surface area contributed by atoms with Gasteiger partial charge in [0.15, 0.2) is 0 Å². The lowest BCUT2D eigenvalue weighted by atomic mass is 9.99. The van der Waals surface area contributed by atoms with Gasteiger partial charge in [-0.2, -0.15) is 0 Å². The predicted molar refractivity (Wildman–Crippen MR) is 88.6 cm³/mol. The average Bonchev–Trinajstić information content (AvgIpc) is 2.49. The van der Waals surface area contributed by atoms with Crippen molar-refractivity contribution in [2.75, 3.05) is 32.8 Å². The van der Waals surface area contributed by atoms with Crippen molar-refractivity contribution in [3.63, 3.8) is 0 Å². The van der Waals surface area contributed by atoms with Crippen LogP contribution in [0.3, 0.4) is 0 Å². The van der Waals surface area contributed by atoms with Crippen LogP contribution in [-0.2, 0) is 11.2 Å². The molecule has 1 aromatic carbocycles. The van der Waals surface area contributed by atoms with Gasteiger partial charge in [0.25, 0.3) is 0 Å². The Balaban J connectivity index is 1.92. The predicted octanol–water partition coefficient (Wildman–Crippen LogP) is 2.56. The summed E-state index contributed by atoms with van der Waals surface area (Å²) < 4.78 is 5.70. The fourth-order valence-electron chi connectivity index (χ4n) is 3.15. The van der Waals surface area contributed by atoms with Gasteiger partial charge in [0.1, 0.15) is 0 Å². The van der Waals surface area contributed by atoms with E-state index in [2.05, 4.69) is 61.3 Å². The topological polar surface area (TPSA) is 24.5 Å². The number of benzene rings is 1. The monoisotopic (exact) mass is 290 g/mol. The molecule has 0 spiro atoms. The minimum absolute atomic E-state index is 0.533. The van der Waals surface area contributed by atoms with E-state index in [1.54, 1.807) is 0 Å². The third-order valence-corrected chi connectivity index (χ3v) is 4.34. The second kappa shape index (κ2) is 8.52. The van der Waals surface area contributed by atoms with Crippen LogP contribution in [-0.4, -0.2) is 49.8 Å². The zero-order valence-electron chi connectivity index (χ0n) is 13.7. The fourth-order valence-corrected chi connectivity index (χ4v) is 3.15. The van der Waals surface area contributed by atoms with Gasteiger partial charge in [-0.05, 0) is 24.8 Å². The standard InChI is InChI=1S/C18H30N2O/c1-4-21-14-18(15(2)3)20-11-10-19-17(13-20)12-16-8-6-5-7-9-16/h5-9,15,17-19H,4,10-14H2,1-3H3. The highest BCUT2D eigenvalue weighted by Gasteiger charge is 2.27. The molecule has 1 aliphatic rings. The van der Waals surface area contributed by atoms with E-state index in [-0.39, 0.29) is 0 Å². The molecular formula is C18H30N2O. The van der Waals surface area contributed by atoms with Crippen LogP contribution in [0, 0.1) is 5.92 Å². The molecule has 0 aromatic heterocycles. The molecule has 2 unspecified atom stereocenters. The molecule has 1 N–H and O–H groups in total. The number of nitrogens with one attached hydrogen (secondary N) is 1. The SMILES string of the molecule is CCOCC(C(C)C)N1CCNC(Cc2ccccc2)C1. The number of piperazine rings is 1. The van der Waals surface area contributed by atoms with Crippen LogP contribution < -0.4 is 5.32 Å². The maximum absolute atomic E-state index is 5.70. The van der Waals surface area contributed by atoms with Crippen molar-refractivity contribution in [3.05, 3.63) is 35.9 Å². The maximum atomic E-state index is 5.70. The number of hydrogen-bond donors (Lipinski definition) is 1. The van der Waals surface area contributed by atoms with Gasteiger partial charge in [-0.15, -0.1) is 0 Å². The van der Waals surface area contributed by atoms with Gasteiger partial charge in [0.05, 0.1) is 6.61 Å². The van der Waals surface area contributed by atoms with Crippen molar-refractivity contribution in [2.24, 2.45) is 5.92 Å². The van der Waals surface area contributed by atoms with Gasteiger partial charge < -0.3 is 10.1 Å². The van der Waals surface area contributed by atoms with E-state index >= 15 is 0 Å². The summed E-state index contributed by atoms with van der Waals surface area (Å²) in [6.45, 7) is 11.7. The van der Waals surface area contributed by atoms with Crippen LogP contribution in [0.1, 0.15) is 26.3 Å². The van der Waals surface area contributed by atoms with Gasteiger partial charge in [-0.3, -0.25) is 4.90 Å². The van der Waals surface area contributed by atoms with Crippen molar-refractivity contribution < 1.29 is 4.74 Å². The number of hydrogen-bond acceptors (Lipinski definition) is 3. The summed E-state index contributed by atoms with van der Waals surface area (Å²) >= 11 is 0. The summed E-state index contributed by atoms with van der Waals surface area (Å²) in [6.07, 6.45) is 1.11. The maximum Gasteiger partial charge on any atom is 0.0624 e. The molecule has 0 amide bonds. The van der Waals surface area contributed by atoms with E-state index in [1.807, 2.05) is 0 Å². The summed E-state index contributed by atoms with van der Waals surface area (Å²) in [5, 5.41) is 3.66. The Kier molecular flexibility index (Phi) is 6.68. The molecule has 2 rings (SSSR count). The lowest BCUT2D eigenvalue weighted by Gasteiger charge is -2.40. The van der Waals surface area contributed by atoms with Crippen molar-refractivity contribution in [1.29, 1.82) is 0 Å². The van der Waals surface area contributed by atoms with Crippen LogP contribution >= 0.6 is 0 Å². The lowest BCUT2D eigenvalue weighted by Crippen LogP contribution is -2.56. The molecule has 1 fully saturated rings. The first-order valence-electron chi connectivity index (χ1n) is 8.29. The van der Waals surface area contributed by atoms with E-state index in [1.165, 1.54) is 5.56 Å². The van der Waals surface area contributed by atoms with Gasteiger partial charge in [-0.25, -0.2) is 0 Å². The Hall–Kier alpha value is -0.900. The van der Waals surface area contributed by atoms with Gasteiger partial charge in [0, 0.05) is 38.3 Å². The molecule has 3 nitrogen and oxygen atoms in total. The van der Waals surface area contributed by atoms with E-state index in [0.717, 1.165) is 39.3 Å². The molecule has 1 saturated heterocycles. The van der Waals surface area contributed by atoms with E-state index in [4.69, 9.17) is 4.74 Å². The molecule has 21 heavy (non-hydrogen) atoms. The normalized spacial score (nSPS) is 21.6. The van der Waals surface area contributed by atoms with Crippen LogP contribution in [0.15, 0.2) is 30.3 Å². The number of rotatable bonds is 7. The Morgan fingerprint density at radius 3 is 2.71 bits per heavy atom. The largest absolute Gasteiger partial charge is 0.380 e. The molecule has 0 saturated carbocycles. The summed E-state index contributed by atoms with van der Waals surface area (Å²) in [7, 11) is 0. The zero-order chi connectivity index (χ0) is 15.1. The highest BCUT2D eigenvalue weighted by atomic mass is 16.5. The van der Waals surface area contributed by atoms with Crippen molar-refractivity contribution in [1.82, 2.24) is 10.2 Å². The molecule has 2 atom stereocenters. The Morgan fingerprint density at radius 1 is 1.29 bits per heavy atom. The van der Waals surface area contributed by atoms with Crippen molar-refractivity contribution in [2.45, 2.75) is 39.3 Å². The minimum Gasteiger partial charge on any atom is -0.380 e. The van der Waals surface area contributed by atoms with Gasteiger partial charge in [0.2, 0.25) is 0 Å². The Labute approximate surface area is 129 Å². The Bertz CT molecular complexity index is 393. The van der Waals surface area contributed by atoms with Crippen molar-refractivity contribution >= 4 is 0 Å². The first-order valence-corrected chi connectivity index (χ1v) is 8.29. The molecule has 0 aliphatic carbocycles. The minimum atomic E-state index is 0.533. The van der Waals surface area contributed by atoms with E-state index < -0.39 is 0 Å². The summed E-state index contributed by atoms with van der Waals surface area (Å²) in [4.78, 5) is 2.62. The van der Waals surface area contributed by atoms with Crippen LogP contribution in [0.4, 0.5) is 0 Å². The first-order chi connectivity index (χ1) is 10.2. The third kappa shape index (κ3) is 5.10. The second-order valence-corrected chi connectivity index (χ2v) is 6.31. The van der Waals surface area contributed by atoms with Crippen molar-refractivity contribution in [3.8, 4) is 0 Å². The Morgan fingerprint density at radius 2 is 2.05 bits per heavy atom. The lowest BCUT2D eigenvalue weighted by molar-refractivity contribution is 0.0297. The smallest absolute Gasteiger partial charge is 0.0624 e. The third-order valence-electron chi connectivity index (χ3n) is 4.34. The summed E-state index contributed by atoms with van der Waals surface area (Å²) in [5.41, 5.74) is 1.42. The zero-order valence-corrected chi connectivity index (χ0v) is 13.7. The molecule has 1 heterocycles. The second-order valence-electron chi connectivity index (χ2n) is 6.31. The van der Waals surface area contributed by atoms with Gasteiger partial charge >= 0.3 is 0 Å². The molecule has 0 bridgehead atoms. The molecule has 1 aromatic rings. The van der Waals surface area contributed by atoms with E-state index in [0.29, 0.717) is 18.0 Å². The van der Waals surface area contributed by atoms with Crippen LogP contribution in [0.25, 0.3) is 0 Å². The van der Waals surface area contributed by atoms with Crippen LogP contribution in [0.5, 0.6) is 0 Å². The number of nitrogens with zero attached hydrogens (tertiary/aromatic N) is 1. The molecule has 0 radical (unpaired) electrons. The van der Waals surface area contributed by atoms with Gasteiger partial charge in [-0.1, -0.05) is 44.2 Å². The molecule has 118 valence electrons. The summed E-state index contributed by atoms with van der Waals surface area (Å²) in [5.74, 6) is 0.632. The quantitative estimate of drug-likeness (QED) is 0.835. The van der Waals surface area contributed by atoms with Crippen LogP contribution in [0.2, 0.25) is 0 Å². The highest BCUT2D eigenvalue weighted by molar-refractivity contribution is 5.16. The average molecular weight is 290 g/mol. The van der Waals surface area contributed by atoms with E-state index in [9.17, 15) is 0 Å². The number of ether oxygens (including phenoxy) is 1. The summed E-state index contributed by atoms with van der Waals surface area (Å²) in [6, 6.07) is 11.9.